The average Bonchev–Trinajstić information content (AvgIpc) is 3.80. The van der Waals surface area contributed by atoms with Crippen LogP contribution < -0.4 is 26.3 Å². The summed E-state index contributed by atoms with van der Waals surface area (Å²) in [6.45, 7) is 13.5. The molecule has 3 aromatic carbocycles. The molecule has 0 saturated carbocycles. The van der Waals surface area contributed by atoms with Crippen LogP contribution in [0.15, 0.2) is 97.1 Å². The molecule has 0 aliphatic carbocycles. The topological polar surface area (TPSA) is 154 Å². The number of carbonyl (C=O) groups is 6. The van der Waals surface area contributed by atoms with E-state index in [2.05, 4.69) is 61.0 Å². The molecule has 6 rings (SSSR count). The highest BCUT2D eigenvalue weighted by molar-refractivity contribution is 6.99. The molecule has 3 aromatic rings. The summed E-state index contributed by atoms with van der Waals surface area (Å²) < 4.78 is 7.01. The van der Waals surface area contributed by atoms with Crippen LogP contribution in [0.5, 0.6) is 0 Å². The molecule has 5 atom stereocenters. The molecule has 0 unspecified atom stereocenters. The van der Waals surface area contributed by atoms with Gasteiger partial charge in [0.15, 0.2) is 5.78 Å². The van der Waals surface area contributed by atoms with Gasteiger partial charge in [-0.2, -0.15) is 0 Å². The lowest BCUT2D eigenvalue weighted by molar-refractivity contribution is -0.144. The van der Waals surface area contributed by atoms with Crippen molar-refractivity contribution in [1.29, 1.82) is 0 Å². The highest BCUT2D eigenvalue weighted by Gasteiger charge is 2.51. The van der Waals surface area contributed by atoms with Crippen LogP contribution in [0.25, 0.3) is 0 Å². The number of nitrogens with zero attached hydrogens (tertiary/aromatic N) is 2. The predicted molar refractivity (Wildman–Crippen MR) is 252 cm³/mol. The number of carbonyl (C=O) groups excluding carboxylic acids is 6. The Kier molecular flexibility index (Phi) is 15.8. The van der Waals surface area contributed by atoms with Crippen molar-refractivity contribution in [3.63, 3.8) is 0 Å². The molecule has 0 spiro atoms. The Morgan fingerprint density at radius 3 is 2.03 bits per heavy atom. The molecule has 5 amide bonds. The summed E-state index contributed by atoms with van der Waals surface area (Å²) in [5, 5.41) is 10.7. The van der Waals surface area contributed by atoms with Gasteiger partial charge < -0.3 is 30.2 Å². The molecule has 64 heavy (non-hydrogen) atoms. The van der Waals surface area contributed by atoms with Crippen molar-refractivity contribution in [2.24, 2.45) is 0 Å². The number of piperidine rings is 1. The molecule has 0 aromatic heterocycles. The summed E-state index contributed by atoms with van der Waals surface area (Å²) in [6, 6.07) is 24.7. The zero-order chi connectivity index (χ0) is 46.1. The van der Waals surface area contributed by atoms with Gasteiger partial charge in [0.05, 0.1) is 0 Å². The standard InChI is InChI=1S/C51H67N5O7Si/c1-7-51(6)49(62)53-42(35-37-28-30-38(31-29-37)47(60)55-32-18-11-19-33-55)48(61)56-34-20-26-43(56)46(59)52-41(45(58)54-51)25-16-10-17-27-44(57)36(2)63-64(50(3,4)5,39-21-12-8-13-22-39)40-23-14-9-15-24-40/h8-10,12-15,17,21-24,28-31,36,41-43H,7,11,16,18-20,25-27,32-35H2,1-6H3,(H,52,59)(H,53,62)(H,54,58)/t36-,41-,42-,43+,51-/m0/s1. The SMILES string of the molecule is CC[C@]1(C)NC(=O)[C@H](CCC=CCC(=O)[C@H](C)O[Si](c2ccccc2)(c2ccccc2)C(C)(C)C)NC(=O)[C@H]2CCCN2C(=O)[C@H](Cc2ccc(C(=O)N3CCCCC3)cc2)NC1=O. The Morgan fingerprint density at radius 1 is 0.812 bits per heavy atom. The lowest BCUT2D eigenvalue weighted by atomic mass is 9.94. The van der Waals surface area contributed by atoms with E-state index in [9.17, 15) is 28.8 Å². The van der Waals surface area contributed by atoms with Crippen LogP contribution in [0.1, 0.15) is 115 Å². The van der Waals surface area contributed by atoms with Crippen molar-refractivity contribution in [3.05, 3.63) is 108 Å². The molecule has 3 aliphatic rings. The molecule has 0 radical (unpaired) electrons. The molecule has 13 heteroatoms. The number of rotatable bonds is 14. The van der Waals surface area contributed by atoms with E-state index in [0.717, 1.165) is 48.3 Å². The molecule has 3 N–H and O–H groups in total. The molecule has 3 aliphatic heterocycles. The molecule has 342 valence electrons. The van der Waals surface area contributed by atoms with Gasteiger partial charge in [-0.15, -0.1) is 0 Å². The summed E-state index contributed by atoms with van der Waals surface area (Å²) in [5.41, 5.74) is -0.0715. The smallest absolute Gasteiger partial charge is 0.262 e. The van der Waals surface area contributed by atoms with Crippen LogP contribution in [0, 0.1) is 0 Å². The van der Waals surface area contributed by atoms with E-state index in [1.165, 1.54) is 4.90 Å². The van der Waals surface area contributed by atoms with Gasteiger partial charge in [0.2, 0.25) is 23.6 Å². The molecule has 3 saturated heterocycles. The number of allylic oxidation sites excluding steroid dienone is 2. The molecular weight excluding hydrogens is 823 g/mol. The van der Waals surface area contributed by atoms with Gasteiger partial charge >= 0.3 is 0 Å². The fraction of sp³-hybridized carbons (Fsp3) is 0.490. The number of likely N-dealkylation sites (tertiary alicyclic amines) is 1. The second-order valence-corrected chi connectivity index (χ2v) is 23.1. The third-order valence-corrected chi connectivity index (χ3v) is 18.4. The van der Waals surface area contributed by atoms with E-state index in [0.29, 0.717) is 31.4 Å². The second-order valence-electron chi connectivity index (χ2n) is 18.8. The zero-order valence-electron chi connectivity index (χ0n) is 38.5. The van der Waals surface area contributed by atoms with E-state index in [1.807, 2.05) is 66.4 Å². The van der Waals surface area contributed by atoms with Crippen LogP contribution in [0.4, 0.5) is 0 Å². The molecular formula is C51H67N5O7Si. The van der Waals surface area contributed by atoms with E-state index in [-0.39, 0.29) is 48.3 Å². The van der Waals surface area contributed by atoms with Crippen LogP contribution in [0.3, 0.4) is 0 Å². The number of hydrogen-bond acceptors (Lipinski definition) is 7. The lowest BCUT2D eigenvalue weighted by Crippen LogP contribution is -2.68. The number of fused-ring (bicyclic) bond motifs is 1. The monoisotopic (exact) mass is 889 g/mol. The van der Waals surface area contributed by atoms with Gasteiger partial charge in [-0.1, -0.05) is 113 Å². The summed E-state index contributed by atoms with van der Waals surface area (Å²) in [7, 11) is -2.95. The Bertz CT molecular complexity index is 2110. The third-order valence-electron chi connectivity index (χ3n) is 13.3. The van der Waals surface area contributed by atoms with Gasteiger partial charge in [-0.3, -0.25) is 28.8 Å². The van der Waals surface area contributed by atoms with Crippen LogP contribution in [0.2, 0.25) is 5.04 Å². The number of amides is 5. The first kappa shape index (κ1) is 48.1. The number of hydrogen-bond donors (Lipinski definition) is 3. The number of nitrogens with one attached hydrogen (secondary N) is 3. The normalized spacial score (nSPS) is 23.1. The minimum absolute atomic E-state index is 0.0193. The number of ketones is 1. The van der Waals surface area contributed by atoms with Gasteiger partial charge in [0.1, 0.15) is 29.8 Å². The number of Topliss-reactive ketones (excluding diaryl/α,β-unsaturated/α-hetero) is 1. The Hall–Kier alpha value is -5.40. The van der Waals surface area contributed by atoms with Gasteiger partial charge in [-0.05, 0) is 98.3 Å². The maximum Gasteiger partial charge on any atom is 0.262 e. The largest absolute Gasteiger partial charge is 0.398 e. The lowest BCUT2D eigenvalue weighted by Gasteiger charge is -2.44. The van der Waals surface area contributed by atoms with E-state index < -0.39 is 55.8 Å². The maximum atomic E-state index is 14.3. The highest BCUT2D eigenvalue weighted by atomic mass is 28.4. The van der Waals surface area contributed by atoms with E-state index in [1.54, 1.807) is 32.1 Å². The predicted octanol–water partition coefficient (Wildman–Crippen LogP) is 5.38. The van der Waals surface area contributed by atoms with Crippen molar-refractivity contribution in [3.8, 4) is 0 Å². The Labute approximate surface area is 380 Å². The highest BCUT2D eigenvalue weighted by Crippen LogP contribution is 2.37. The summed E-state index contributed by atoms with van der Waals surface area (Å²) >= 11 is 0. The zero-order valence-corrected chi connectivity index (χ0v) is 39.5. The van der Waals surface area contributed by atoms with Gasteiger partial charge in [0, 0.05) is 38.0 Å². The Morgan fingerprint density at radius 2 is 1.44 bits per heavy atom. The first-order chi connectivity index (χ1) is 30.6. The molecule has 3 heterocycles. The van der Waals surface area contributed by atoms with Crippen molar-refractivity contribution in [2.45, 2.75) is 141 Å². The van der Waals surface area contributed by atoms with Crippen molar-refractivity contribution in [1.82, 2.24) is 25.8 Å². The van der Waals surface area contributed by atoms with Crippen LogP contribution in [-0.4, -0.2) is 103 Å². The fourth-order valence-electron chi connectivity index (χ4n) is 9.29. The minimum atomic E-state index is -2.95. The summed E-state index contributed by atoms with van der Waals surface area (Å²) in [4.78, 5) is 86.6. The van der Waals surface area contributed by atoms with E-state index in [4.69, 9.17) is 4.43 Å². The summed E-state index contributed by atoms with van der Waals surface area (Å²) in [6.07, 6.45) is 8.10. The minimum Gasteiger partial charge on any atom is -0.398 e. The molecule has 12 nitrogen and oxygen atoms in total. The quantitative estimate of drug-likeness (QED) is 0.145. The van der Waals surface area contributed by atoms with Crippen molar-refractivity contribution >= 4 is 54.0 Å². The van der Waals surface area contributed by atoms with E-state index >= 15 is 0 Å². The maximum absolute atomic E-state index is 14.3. The van der Waals surface area contributed by atoms with Gasteiger partial charge in [-0.25, -0.2) is 0 Å². The first-order valence-corrected chi connectivity index (χ1v) is 25.1. The number of benzene rings is 3. The summed E-state index contributed by atoms with van der Waals surface area (Å²) in [5.74, 6) is -1.91. The Balaban J connectivity index is 1.12. The molecule has 3 fully saturated rings. The average molecular weight is 890 g/mol. The third kappa shape index (κ3) is 10.9. The van der Waals surface area contributed by atoms with Crippen LogP contribution >= 0.6 is 0 Å². The van der Waals surface area contributed by atoms with Crippen LogP contribution in [-0.2, 0) is 34.8 Å². The second kappa shape index (κ2) is 21.1. The van der Waals surface area contributed by atoms with Gasteiger partial charge in [0.25, 0.3) is 14.2 Å². The molecule has 0 bridgehead atoms. The van der Waals surface area contributed by atoms with Crippen molar-refractivity contribution in [2.75, 3.05) is 19.6 Å². The fourth-order valence-corrected chi connectivity index (χ4v) is 14.0. The van der Waals surface area contributed by atoms with Crippen molar-refractivity contribution < 1.29 is 33.2 Å². The first-order valence-electron chi connectivity index (χ1n) is 23.2.